The van der Waals surface area contributed by atoms with Gasteiger partial charge >= 0.3 is 0 Å². The first-order chi connectivity index (χ1) is 13.2. The molecule has 2 rings (SSSR count). The number of ether oxygens (including phenoxy) is 3. The van der Waals surface area contributed by atoms with Crippen LogP contribution < -0.4 is 14.2 Å². The van der Waals surface area contributed by atoms with Gasteiger partial charge in [-0.25, -0.2) is 0 Å². The van der Waals surface area contributed by atoms with Gasteiger partial charge in [-0.2, -0.15) is 0 Å². The molecule has 0 atom stereocenters. The van der Waals surface area contributed by atoms with Crippen molar-refractivity contribution in [3.63, 3.8) is 0 Å². The Morgan fingerprint density at radius 1 is 1.00 bits per heavy atom. The van der Waals surface area contributed by atoms with Gasteiger partial charge in [-0.15, -0.1) is 0 Å². The van der Waals surface area contributed by atoms with Crippen molar-refractivity contribution in [3.05, 3.63) is 91.1 Å². The average Bonchev–Trinajstić information content (AvgIpc) is 2.70. The molecule has 0 bridgehead atoms. The van der Waals surface area contributed by atoms with E-state index < -0.39 is 0 Å². The largest absolute Gasteiger partial charge is 0.496 e. The van der Waals surface area contributed by atoms with Crippen molar-refractivity contribution in [1.29, 1.82) is 0 Å². The minimum atomic E-state index is -0.197. The first-order valence-electron chi connectivity index (χ1n) is 8.63. The zero-order valence-electron chi connectivity index (χ0n) is 15.5. The minimum Gasteiger partial charge on any atom is -0.496 e. The summed E-state index contributed by atoms with van der Waals surface area (Å²) in [5.41, 5.74) is 1.49. The van der Waals surface area contributed by atoms with Crippen LogP contribution in [0.3, 0.4) is 0 Å². The summed E-state index contributed by atoms with van der Waals surface area (Å²) in [6.45, 7) is 7.89. The van der Waals surface area contributed by atoms with E-state index in [1.165, 1.54) is 13.2 Å². The smallest absolute Gasteiger partial charge is 0.193 e. The molecule has 2 aromatic carbocycles. The summed E-state index contributed by atoms with van der Waals surface area (Å²) in [7, 11) is 1.51. The van der Waals surface area contributed by atoms with Crippen molar-refractivity contribution < 1.29 is 19.0 Å². The van der Waals surface area contributed by atoms with Gasteiger partial charge in [0.2, 0.25) is 0 Å². The molecule has 2 aromatic rings. The summed E-state index contributed by atoms with van der Waals surface area (Å²) >= 11 is 0. The Balaban J connectivity index is 2.29. The molecule has 27 heavy (non-hydrogen) atoms. The maximum atomic E-state index is 12.8. The zero-order chi connectivity index (χ0) is 19.5. The summed E-state index contributed by atoms with van der Waals surface area (Å²) in [4.78, 5) is 12.8. The lowest BCUT2D eigenvalue weighted by atomic mass is 10.1. The number of allylic oxidation sites excluding steroid dienone is 2. The number of hydrogen-bond acceptors (Lipinski definition) is 4. The molecule has 0 radical (unpaired) electrons. The SMILES string of the molecule is C=CCOc1cc(OC)c(C(=O)/C=C/Cc2ccccc2)c(OCC=C)c1. The van der Waals surface area contributed by atoms with Crippen molar-refractivity contribution in [3.8, 4) is 17.2 Å². The number of hydrogen-bond donors (Lipinski definition) is 0. The summed E-state index contributed by atoms with van der Waals surface area (Å²) < 4.78 is 16.6. The van der Waals surface area contributed by atoms with Crippen molar-refractivity contribution in [2.24, 2.45) is 0 Å². The molecule has 0 fully saturated rings. The Labute approximate surface area is 160 Å². The van der Waals surface area contributed by atoms with Crippen LogP contribution in [0.2, 0.25) is 0 Å². The second-order valence-electron chi connectivity index (χ2n) is 5.65. The van der Waals surface area contributed by atoms with Gasteiger partial charge in [0.1, 0.15) is 36.0 Å². The third kappa shape index (κ3) is 5.89. The predicted octanol–water partition coefficient (Wildman–Crippen LogP) is 4.81. The zero-order valence-corrected chi connectivity index (χ0v) is 15.5. The number of methoxy groups -OCH3 is 1. The highest BCUT2D eigenvalue weighted by atomic mass is 16.5. The summed E-state index contributed by atoms with van der Waals surface area (Å²) in [6, 6.07) is 13.3. The lowest BCUT2D eigenvalue weighted by molar-refractivity contribution is 0.104. The molecule has 4 heteroatoms. The van der Waals surface area contributed by atoms with Gasteiger partial charge in [-0.3, -0.25) is 4.79 Å². The topological polar surface area (TPSA) is 44.8 Å². The Hall–Kier alpha value is -3.27. The standard InChI is InChI=1S/C23H24O4/c1-4-14-26-19-16-21(25-3)23(22(17-19)27-15-5-2)20(24)13-9-12-18-10-7-6-8-11-18/h4-11,13,16-17H,1-2,12,14-15H2,3H3/b13-9+. The average molecular weight is 364 g/mol. The lowest BCUT2D eigenvalue weighted by Gasteiger charge is -2.15. The van der Waals surface area contributed by atoms with Gasteiger partial charge in [-0.1, -0.05) is 61.7 Å². The molecule has 0 spiro atoms. The Morgan fingerprint density at radius 3 is 2.33 bits per heavy atom. The van der Waals surface area contributed by atoms with E-state index in [1.807, 2.05) is 36.4 Å². The fraction of sp³-hybridized carbons (Fsp3) is 0.174. The van der Waals surface area contributed by atoms with Gasteiger partial charge in [0.05, 0.1) is 7.11 Å². The second-order valence-corrected chi connectivity index (χ2v) is 5.65. The minimum absolute atomic E-state index is 0.197. The molecule has 0 saturated carbocycles. The molecular weight excluding hydrogens is 340 g/mol. The van der Waals surface area contributed by atoms with Crippen LogP contribution in [0.25, 0.3) is 0 Å². The summed E-state index contributed by atoms with van der Waals surface area (Å²) in [5, 5.41) is 0. The molecule has 0 aliphatic carbocycles. The lowest BCUT2D eigenvalue weighted by Crippen LogP contribution is -2.06. The van der Waals surface area contributed by atoms with E-state index in [2.05, 4.69) is 13.2 Å². The molecule has 0 N–H and O–H groups in total. The highest BCUT2D eigenvalue weighted by Crippen LogP contribution is 2.35. The van der Waals surface area contributed by atoms with Crippen molar-refractivity contribution >= 4 is 5.78 Å². The van der Waals surface area contributed by atoms with Crippen molar-refractivity contribution in [2.45, 2.75) is 6.42 Å². The van der Waals surface area contributed by atoms with E-state index >= 15 is 0 Å². The fourth-order valence-electron chi connectivity index (χ4n) is 2.47. The molecule has 0 aliphatic rings. The van der Waals surface area contributed by atoms with E-state index in [1.54, 1.807) is 24.3 Å². The quantitative estimate of drug-likeness (QED) is 0.326. The van der Waals surface area contributed by atoms with Gasteiger partial charge in [-0.05, 0) is 18.1 Å². The molecular formula is C23H24O4. The van der Waals surface area contributed by atoms with Gasteiger partial charge < -0.3 is 14.2 Å². The van der Waals surface area contributed by atoms with Crippen LogP contribution in [0.15, 0.2) is 79.9 Å². The number of rotatable bonds is 11. The van der Waals surface area contributed by atoms with E-state index in [0.29, 0.717) is 35.8 Å². The Morgan fingerprint density at radius 2 is 1.67 bits per heavy atom. The number of carbonyl (C=O) groups is 1. The van der Waals surface area contributed by atoms with Crippen LogP contribution in [-0.4, -0.2) is 26.1 Å². The van der Waals surface area contributed by atoms with E-state index in [0.717, 1.165) is 5.56 Å². The van der Waals surface area contributed by atoms with Crippen molar-refractivity contribution in [1.82, 2.24) is 0 Å². The molecule has 0 heterocycles. The number of ketones is 1. The normalized spacial score (nSPS) is 10.4. The maximum Gasteiger partial charge on any atom is 0.193 e. The molecule has 0 aromatic heterocycles. The molecule has 0 unspecified atom stereocenters. The third-order valence-corrected chi connectivity index (χ3v) is 3.70. The number of benzene rings is 2. The summed E-state index contributed by atoms with van der Waals surface area (Å²) in [6.07, 6.45) is 7.29. The third-order valence-electron chi connectivity index (χ3n) is 3.70. The molecule has 0 aliphatic heterocycles. The fourth-order valence-corrected chi connectivity index (χ4v) is 2.47. The first-order valence-corrected chi connectivity index (χ1v) is 8.63. The van der Waals surface area contributed by atoms with Crippen LogP contribution in [-0.2, 0) is 6.42 Å². The predicted molar refractivity (Wildman–Crippen MR) is 108 cm³/mol. The Kier molecular flexibility index (Phi) is 7.92. The highest BCUT2D eigenvalue weighted by Gasteiger charge is 2.19. The first kappa shape index (κ1) is 20.0. The second kappa shape index (κ2) is 10.7. The Bertz CT molecular complexity index is 807. The summed E-state index contributed by atoms with van der Waals surface area (Å²) in [5.74, 6) is 1.13. The van der Waals surface area contributed by atoms with E-state index in [4.69, 9.17) is 14.2 Å². The molecule has 140 valence electrons. The monoisotopic (exact) mass is 364 g/mol. The van der Waals surface area contributed by atoms with Crippen LogP contribution in [0.4, 0.5) is 0 Å². The molecule has 4 nitrogen and oxygen atoms in total. The number of carbonyl (C=O) groups excluding carboxylic acids is 1. The van der Waals surface area contributed by atoms with Crippen molar-refractivity contribution in [2.75, 3.05) is 20.3 Å². The van der Waals surface area contributed by atoms with E-state index in [9.17, 15) is 4.79 Å². The van der Waals surface area contributed by atoms with Crippen LogP contribution in [0.5, 0.6) is 17.2 Å². The van der Waals surface area contributed by atoms with Crippen LogP contribution in [0.1, 0.15) is 15.9 Å². The molecule has 0 saturated heterocycles. The van der Waals surface area contributed by atoms with Crippen LogP contribution >= 0.6 is 0 Å². The van der Waals surface area contributed by atoms with Crippen LogP contribution in [0, 0.1) is 0 Å². The van der Waals surface area contributed by atoms with Gasteiger partial charge in [0.15, 0.2) is 5.78 Å². The molecule has 0 amide bonds. The van der Waals surface area contributed by atoms with Gasteiger partial charge in [0.25, 0.3) is 0 Å². The highest BCUT2D eigenvalue weighted by molar-refractivity contribution is 6.08. The maximum absolute atomic E-state index is 12.8. The van der Waals surface area contributed by atoms with E-state index in [-0.39, 0.29) is 12.4 Å². The van der Waals surface area contributed by atoms with Gasteiger partial charge in [0, 0.05) is 12.1 Å².